The van der Waals surface area contributed by atoms with Gasteiger partial charge in [-0.25, -0.2) is 15.2 Å². The van der Waals surface area contributed by atoms with Gasteiger partial charge in [0.1, 0.15) is 5.78 Å². The minimum absolute atomic E-state index is 0.0758. The van der Waals surface area contributed by atoms with E-state index in [1.165, 1.54) is 10.9 Å². The quantitative estimate of drug-likeness (QED) is 0.0532. The number of thioether (sulfide) groups is 1. The number of urea groups is 1. The molecule has 0 spiro atoms. The average Bonchev–Trinajstić information content (AvgIpc) is 3.68. The van der Waals surface area contributed by atoms with Gasteiger partial charge in [0.05, 0.1) is 52.7 Å². The van der Waals surface area contributed by atoms with Gasteiger partial charge in [0.2, 0.25) is 11.8 Å². The number of aromatic nitrogens is 2. The average molecular weight is 824 g/mol. The summed E-state index contributed by atoms with van der Waals surface area (Å²) in [5.41, 5.74) is 3.33. The van der Waals surface area contributed by atoms with Crippen molar-refractivity contribution >= 4 is 79.5 Å². The Morgan fingerprint density at radius 3 is 2.71 bits per heavy atom. The fraction of sp³-hybridized carbons (Fsp3) is 0.629. The molecule has 3 saturated heterocycles. The van der Waals surface area contributed by atoms with Crippen LogP contribution in [0.15, 0.2) is 32.8 Å². The largest absolute Gasteiger partial charge is 0.391 e. The Hall–Kier alpha value is -3.05. The van der Waals surface area contributed by atoms with Crippen molar-refractivity contribution in [3.05, 3.63) is 38.3 Å². The third kappa shape index (κ3) is 11.7. The summed E-state index contributed by atoms with van der Waals surface area (Å²) in [6, 6.07) is 3.28. The summed E-state index contributed by atoms with van der Waals surface area (Å²) in [7, 11) is 0. The maximum atomic E-state index is 13.3. The van der Waals surface area contributed by atoms with E-state index in [-0.39, 0.29) is 73.1 Å². The van der Waals surface area contributed by atoms with E-state index in [4.69, 9.17) is 11.6 Å². The van der Waals surface area contributed by atoms with Gasteiger partial charge in [0, 0.05) is 60.2 Å². The molecule has 4 amide bonds. The number of amides is 4. The van der Waals surface area contributed by atoms with Crippen molar-refractivity contribution in [2.24, 2.45) is 5.10 Å². The molecule has 3 aliphatic heterocycles. The molecule has 5 atom stereocenters. The lowest BCUT2D eigenvalue weighted by Gasteiger charge is -2.29. The highest BCUT2D eigenvalue weighted by Gasteiger charge is 2.42. The van der Waals surface area contributed by atoms with Crippen molar-refractivity contribution in [3.8, 4) is 0 Å². The number of nitrogens with zero attached hydrogens (tertiary/aromatic N) is 3. The Kier molecular flexibility index (Phi) is 15.3. The third-order valence-electron chi connectivity index (χ3n) is 9.73. The van der Waals surface area contributed by atoms with Gasteiger partial charge in [-0.15, -0.1) is 0 Å². The lowest BCUT2D eigenvalue weighted by atomic mass is 9.96. The van der Waals surface area contributed by atoms with Crippen LogP contribution in [-0.4, -0.2) is 92.3 Å². The fourth-order valence-corrected chi connectivity index (χ4v) is 8.83. The first-order chi connectivity index (χ1) is 25.1. The Morgan fingerprint density at radius 1 is 1.06 bits per heavy atom. The van der Waals surface area contributed by atoms with Crippen LogP contribution in [0.4, 0.5) is 4.79 Å². The second-order valence-corrected chi connectivity index (χ2v) is 16.2. The number of Topliss-reactive ketones (excluding diaryl/α,β-unsaturated/α-hetero) is 1. The first kappa shape index (κ1) is 40.1. The number of piperidine rings is 1. The number of nitrogens with one attached hydrogen (secondary N) is 5. The number of aliphatic hydroxyl groups is 1. The van der Waals surface area contributed by atoms with Gasteiger partial charge in [-0.05, 0) is 73.1 Å². The number of ketones is 1. The van der Waals surface area contributed by atoms with Crippen molar-refractivity contribution in [1.29, 1.82) is 0 Å². The van der Waals surface area contributed by atoms with Crippen LogP contribution >= 0.6 is 39.3 Å². The molecule has 17 heteroatoms. The highest BCUT2D eigenvalue weighted by molar-refractivity contribution is 9.10. The van der Waals surface area contributed by atoms with E-state index in [1.54, 1.807) is 12.1 Å². The number of hydrogen-bond donors (Lipinski definition) is 6. The number of halogens is 2. The van der Waals surface area contributed by atoms with Crippen LogP contribution in [0.3, 0.4) is 0 Å². The minimum Gasteiger partial charge on any atom is -0.391 e. The SMILES string of the molecule is O=C(CCCCC1SCC2NC(=O)NC21)CCC(=O)NCCCCCC(=O)N/N=C(\C[C@H]1NCCC[C@@H]1O)Cn1cnc2cc(Br)c(Cl)cc2c1=O. The second kappa shape index (κ2) is 19.9. The molecule has 14 nitrogen and oxygen atoms in total. The zero-order valence-electron chi connectivity index (χ0n) is 29.1. The monoisotopic (exact) mass is 822 g/mol. The van der Waals surface area contributed by atoms with Crippen LogP contribution < -0.4 is 32.3 Å². The number of hydrazone groups is 1. The molecule has 0 aliphatic carbocycles. The summed E-state index contributed by atoms with van der Waals surface area (Å²) >= 11 is 11.5. The molecule has 0 saturated carbocycles. The lowest BCUT2D eigenvalue weighted by molar-refractivity contribution is -0.125. The Labute approximate surface area is 320 Å². The van der Waals surface area contributed by atoms with Gasteiger partial charge in [-0.1, -0.05) is 24.4 Å². The molecule has 3 fully saturated rings. The predicted molar refractivity (Wildman–Crippen MR) is 206 cm³/mol. The number of unbranched alkanes of at least 4 members (excludes halogenated alkanes) is 3. The summed E-state index contributed by atoms with van der Waals surface area (Å²) in [6.45, 7) is 1.30. The zero-order chi connectivity index (χ0) is 37.0. The second-order valence-electron chi connectivity index (χ2n) is 13.7. The standard InChI is InChI=1S/C35H48BrClN8O6S/c36-24-17-26-23(16-25(24)37)34(50)45(20-40-26)18-21(15-27-29(47)8-6-14-38-27)43-44-32(49)10-2-1-5-13-39-31(48)12-11-22(46)7-3-4-9-30-33-28(19-52-30)41-35(51)42-33/h16-17,20,27-30,33,38,47H,1-15,18-19H2,(H,39,48)(H,44,49)(H2,41,42,51)/b43-21+/t27-,28?,29+,30?,33?/m1/s1. The van der Waals surface area contributed by atoms with Crippen LogP contribution in [0, 0.1) is 0 Å². The van der Waals surface area contributed by atoms with Gasteiger partial charge < -0.3 is 26.4 Å². The Morgan fingerprint density at radius 2 is 1.88 bits per heavy atom. The van der Waals surface area contributed by atoms with E-state index in [0.29, 0.717) is 70.0 Å². The van der Waals surface area contributed by atoms with E-state index in [0.717, 1.165) is 44.4 Å². The van der Waals surface area contributed by atoms with E-state index in [9.17, 15) is 29.1 Å². The smallest absolute Gasteiger partial charge is 0.315 e. The summed E-state index contributed by atoms with van der Waals surface area (Å²) < 4.78 is 2.05. The number of carbonyl (C=O) groups excluding carboxylic acids is 4. The molecular formula is C35H48BrClN8O6S. The van der Waals surface area contributed by atoms with E-state index in [1.807, 2.05) is 11.8 Å². The van der Waals surface area contributed by atoms with E-state index in [2.05, 4.69) is 52.7 Å². The van der Waals surface area contributed by atoms with Crippen molar-refractivity contribution < 1.29 is 24.3 Å². The molecule has 1 aromatic heterocycles. The van der Waals surface area contributed by atoms with Crippen molar-refractivity contribution in [1.82, 2.24) is 36.2 Å². The van der Waals surface area contributed by atoms with Crippen LogP contribution in [0.1, 0.15) is 83.5 Å². The highest BCUT2D eigenvalue weighted by Crippen LogP contribution is 2.33. The van der Waals surface area contributed by atoms with E-state index >= 15 is 0 Å². The Balaban J connectivity index is 0.972. The maximum absolute atomic E-state index is 13.3. The van der Waals surface area contributed by atoms with Gasteiger partial charge in [-0.3, -0.25) is 23.7 Å². The van der Waals surface area contributed by atoms with Gasteiger partial charge in [0.25, 0.3) is 5.56 Å². The Bertz CT molecular complexity index is 1690. The molecule has 0 bridgehead atoms. The molecule has 5 rings (SSSR count). The topological polar surface area (TPSA) is 196 Å². The fourth-order valence-electron chi connectivity index (χ4n) is 6.80. The molecule has 3 aliphatic rings. The maximum Gasteiger partial charge on any atom is 0.315 e. The van der Waals surface area contributed by atoms with Gasteiger partial charge in [-0.2, -0.15) is 16.9 Å². The summed E-state index contributed by atoms with van der Waals surface area (Å²) in [5.74, 6) is 0.586. The molecule has 6 N–H and O–H groups in total. The molecular weight excluding hydrogens is 776 g/mol. The number of fused-ring (bicyclic) bond motifs is 2. The number of rotatable bonds is 19. The number of carbonyl (C=O) groups is 4. The zero-order valence-corrected chi connectivity index (χ0v) is 32.3. The van der Waals surface area contributed by atoms with Crippen LogP contribution in [0.25, 0.3) is 10.9 Å². The van der Waals surface area contributed by atoms with Crippen molar-refractivity contribution in [2.75, 3.05) is 18.8 Å². The minimum atomic E-state index is -0.569. The van der Waals surface area contributed by atoms with Gasteiger partial charge >= 0.3 is 6.03 Å². The highest BCUT2D eigenvalue weighted by atomic mass is 79.9. The van der Waals surface area contributed by atoms with Crippen LogP contribution in [0.5, 0.6) is 0 Å². The molecule has 284 valence electrons. The summed E-state index contributed by atoms with van der Waals surface area (Å²) in [6.07, 6.45) is 8.49. The summed E-state index contributed by atoms with van der Waals surface area (Å²) in [5, 5.41) is 28.1. The molecule has 52 heavy (non-hydrogen) atoms. The lowest BCUT2D eigenvalue weighted by Crippen LogP contribution is -2.46. The van der Waals surface area contributed by atoms with Crippen LogP contribution in [-0.2, 0) is 20.9 Å². The first-order valence-electron chi connectivity index (χ1n) is 18.1. The first-order valence-corrected chi connectivity index (χ1v) is 20.4. The van der Waals surface area contributed by atoms with Crippen molar-refractivity contribution in [2.45, 2.75) is 119 Å². The number of benzene rings is 1. The van der Waals surface area contributed by atoms with Crippen LogP contribution in [0.2, 0.25) is 5.02 Å². The number of aliphatic hydroxyl groups excluding tert-OH is 1. The molecule has 1 aromatic carbocycles. The predicted octanol–water partition coefficient (Wildman–Crippen LogP) is 3.54. The van der Waals surface area contributed by atoms with Crippen molar-refractivity contribution in [3.63, 3.8) is 0 Å². The molecule has 2 aromatic rings. The molecule has 0 radical (unpaired) electrons. The normalized spacial score (nSPS) is 22.9. The summed E-state index contributed by atoms with van der Waals surface area (Å²) in [4.78, 5) is 66.4. The van der Waals surface area contributed by atoms with E-state index < -0.39 is 6.10 Å². The number of hydrogen-bond acceptors (Lipinski definition) is 10. The third-order valence-corrected chi connectivity index (χ3v) is 12.4. The molecule has 3 unspecified atom stereocenters. The molecule has 4 heterocycles. The van der Waals surface area contributed by atoms with Gasteiger partial charge in [0.15, 0.2) is 0 Å².